The number of hydrogen-bond acceptors (Lipinski definition) is 3. The van der Waals surface area contributed by atoms with Crippen LogP contribution in [-0.4, -0.2) is 27.2 Å². The normalized spacial score (nSPS) is 20.2. The lowest BCUT2D eigenvalue weighted by Gasteiger charge is -2.24. The topological polar surface area (TPSA) is 67.1 Å². The summed E-state index contributed by atoms with van der Waals surface area (Å²) >= 11 is 0. The minimum Gasteiger partial charge on any atom is -0.477 e. The third-order valence-electron chi connectivity index (χ3n) is 3.56. The van der Waals surface area contributed by atoms with E-state index in [1.165, 1.54) is 6.42 Å². The average molecular weight is 221 g/mol. The number of imidazole rings is 1. The molecule has 86 valence electrons. The minimum atomic E-state index is -0.831. The van der Waals surface area contributed by atoms with Gasteiger partial charge in [-0.05, 0) is 12.8 Å². The molecule has 3 rings (SSSR count). The molecule has 0 amide bonds. The molecule has 0 radical (unpaired) electrons. The Bertz CT molecular complexity index is 435. The number of aromatic carboxylic acids is 1. The predicted octanol–water partition coefficient (Wildman–Crippen LogP) is 0.952. The summed E-state index contributed by atoms with van der Waals surface area (Å²) in [7, 11) is 0. The molecule has 1 aromatic rings. The van der Waals surface area contributed by atoms with E-state index in [0.717, 1.165) is 37.4 Å². The highest BCUT2D eigenvalue weighted by Gasteiger charge is 2.31. The summed E-state index contributed by atoms with van der Waals surface area (Å²) in [5, 5.41) is 12.5. The van der Waals surface area contributed by atoms with Crippen molar-refractivity contribution in [2.75, 3.05) is 6.54 Å². The van der Waals surface area contributed by atoms with Gasteiger partial charge in [0.25, 0.3) is 0 Å². The number of nitrogens with zero attached hydrogens (tertiary/aromatic N) is 2. The molecule has 5 heteroatoms. The fourth-order valence-corrected chi connectivity index (χ4v) is 2.48. The molecule has 16 heavy (non-hydrogen) atoms. The molecule has 2 N–H and O–H groups in total. The number of nitrogens with one attached hydrogen (secondary N) is 1. The Morgan fingerprint density at radius 2 is 2.31 bits per heavy atom. The van der Waals surface area contributed by atoms with E-state index in [-0.39, 0.29) is 0 Å². The molecule has 0 saturated heterocycles. The molecule has 2 heterocycles. The number of carbonyl (C=O) groups is 1. The number of fused-ring (bicyclic) bond motifs is 1. The van der Waals surface area contributed by atoms with E-state index in [4.69, 9.17) is 0 Å². The zero-order valence-corrected chi connectivity index (χ0v) is 9.07. The Hall–Kier alpha value is -1.36. The number of rotatable bonds is 2. The van der Waals surface area contributed by atoms with Crippen molar-refractivity contribution in [3.63, 3.8) is 0 Å². The van der Waals surface area contributed by atoms with E-state index in [1.54, 1.807) is 0 Å². The van der Waals surface area contributed by atoms with E-state index in [1.807, 2.05) is 4.57 Å². The van der Waals surface area contributed by atoms with Crippen LogP contribution in [0.3, 0.4) is 0 Å². The quantitative estimate of drug-likeness (QED) is 0.780. The summed E-state index contributed by atoms with van der Waals surface area (Å²) in [6.45, 7) is 2.23. The van der Waals surface area contributed by atoms with Crippen molar-refractivity contribution in [2.24, 2.45) is 0 Å². The second-order valence-corrected chi connectivity index (χ2v) is 4.52. The van der Waals surface area contributed by atoms with Gasteiger partial charge in [-0.3, -0.25) is 0 Å². The van der Waals surface area contributed by atoms with Crippen molar-refractivity contribution in [3.05, 3.63) is 17.2 Å². The van der Waals surface area contributed by atoms with Crippen molar-refractivity contribution < 1.29 is 9.90 Å². The van der Waals surface area contributed by atoms with Gasteiger partial charge in [0.15, 0.2) is 5.69 Å². The third-order valence-corrected chi connectivity index (χ3v) is 3.56. The predicted molar refractivity (Wildman–Crippen MR) is 57.5 cm³/mol. The maximum Gasteiger partial charge on any atom is 0.354 e. The molecule has 1 aromatic heterocycles. The standard InChI is InChI=1S/C11H15N3O2/c15-11(16)10-9(7-2-1-3-7)13-8-6-12-4-5-14(8)10/h7,12H,1-6H2,(H,15,16). The van der Waals surface area contributed by atoms with E-state index in [9.17, 15) is 9.90 Å². The Morgan fingerprint density at radius 1 is 1.50 bits per heavy atom. The van der Waals surface area contributed by atoms with Gasteiger partial charge in [-0.25, -0.2) is 9.78 Å². The lowest BCUT2D eigenvalue weighted by atomic mass is 9.82. The van der Waals surface area contributed by atoms with Crippen LogP contribution in [0.1, 0.15) is 47.2 Å². The molecule has 0 spiro atoms. The smallest absolute Gasteiger partial charge is 0.354 e. The van der Waals surface area contributed by atoms with Gasteiger partial charge in [-0.2, -0.15) is 0 Å². The summed E-state index contributed by atoms with van der Waals surface area (Å²) in [5.41, 5.74) is 1.25. The van der Waals surface area contributed by atoms with Gasteiger partial charge in [-0.1, -0.05) is 6.42 Å². The highest BCUT2D eigenvalue weighted by atomic mass is 16.4. The van der Waals surface area contributed by atoms with Crippen LogP contribution in [0, 0.1) is 0 Å². The molecule has 5 nitrogen and oxygen atoms in total. The molecule has 0 aromatic carbocycles. The fourth-order valence-electron chi connectivity index (χ4n) is 2.48. The molecule has 1 aliphatic carbocycles. The largest absolute Gasteiger partial charge is 0.477 e. The molecule has 1 aliphatic heterocycles. The van der Waals surface area contributed by atoms with Crippen LogP contribution in [0.25, 0.3) is 0 Å². The van der Waals surface area contributed by atoms with Gasteiger partial charge < -0.3 is 15.0 Å². The Kier molecular flexibility index (Phi) is 2.21. The Morgan fingerprint density at radius 3 is 2.94 bits per heavy atom. The van der Waals surface area contributed by atoms with Crippen molar-refractivity contribution in [1.82, 2.24) is 14.9 Å². The van der Waals surface area contributed by atoms with Crippen LogP contribution in [0.2, 0.25) is 0 Å². The molecule has 2 aliphatic rings. The fraction of sp³-hybridized carbons (Fsp3) is 0.636. The van der Waals surface area contributed by atoms with E-state index < -0.39 is 5.97 Å². The molecular weight excluding hydrogens is 206 g/mol. The zero-order chi connectivity index (χ0) is 11.1. The summed E-state index contributed by atoms with van der Waals surface area (Å²) in [5.74, 6) is 0.428. The summed E-state index contributed by atoms with van der Waals surface area (Å²) in [4.78, 5) is 15.8. The van der Waals surface area contributed by atoms with Crippen LogP contribution in [0.15, 0.2) is 0 Å². The van der Waals surface area contributed by atoms with Gasteiger partial charge >= 0.3 is 5.97 Å². The highest BCUT2D eigenvalue weighted by Crippen LogP contribution is 2.38. The SMILES string of the molecule is O=C(O)c1c(C2CCC2)nc2n1CCNC2. The molecule has 1 saturated carbocycles. The van der Waals surface area contributed by atoms with Crippen LogP contribution in [0.5, 0.6) is 0 Å². The molecule has 0 bridgehead atoms. The third kappa shape index (κ3) is 1.35. The van der Waals surface area contributed by atoms with Gasteiger partial charge in [0, 0.05) is 19.0 Å². The maximum atomic E-state index is 11.3. The Labute approximate surface area is 93.5 Å². The first-order valence-electron chi connectivity index (χ1n) is 5.80. The molecule has 0 atom stereocenters. The lowest BCUT2D eigenvalue weighted by molar-refractivity contribution is 0.0681. The first-order chi connectivity index (χ1) is 7.77. The number of aromatic nitrogens is 2. The number of carboxylic acid groups (broad SMARTS) is 1. The van der Waals surface area contributed by atoms with Crippen LogP contribution in [0.4, 0.5) is 0 Å². The van der Waals surface area contributed by atoms with E-state index >= 15 is 0 Å². The monoisotopic (exact) mass is 221 g/mol. The molecule has 1 fully saturated rings. The number of hydrogen-bond donors (Lipinski definition) is 2. The van der Waals surface area contributed by atoms with Crippen molar-refractivity contribution in [1.29, 1.82) is 0 Å². The van der Waals surface area contributed by atoms with Crippen LogP contribution < -0.4 is 5.32 Å². The first-order valence-corrected chi connectivity index (χ1v) is 5.80. The van der Waals surface area contributed by atoms with Gasteiger partial charge in [0.05, 0.1) is 12.2 Å². The van der Waals surface area contributed by atoms with E-state index in [0.29, 0.717) is 18.2 Å². The second-order valence-electron chi connectivity index (χ2n) is 4.52. The van der Waals surface area contributed by atoms with Crippen LogP contribution >= 0.6 is 0 Å². The van der Waals surface area contributed by atoms with Gasteiger partial charge in [-0.15, -0.1) is 0 Å². The first kappa shape index (κ1) is 9.84. The second kappa shape index (κ2) is 3.59. The number of carboxylic acids is 1. The van der Waals surface area contributed by atoms with Crippen molar-refractivity contribution in [3.8, 4) is 0 Å². The van der Waals surface area contributed by atoms with E-state index in [2.05, 4.69) is 10.3 Å². The lowest BCUT2D eigenvalue weighted by Crippen LogP contribution is -2.30. The average Bonchev–Trinajstić information content (AvgIpc) is 2.53. The van der Waals surface area contributed by atoms with Gasteiger partial charge in [0.2, 0.25) is 0 Å². The minimum absolute atomic E-state index is 0.379. The summed E-state index contributed by atoms with van der Waals surface area (Å²) in [6.07, 6.45) is 3.37. The maximum absolute atomic E-state index is 11.3. The Balaban J connectivity index is 2.08. The summed E-state index contributed by atoms with van der Waals surface area (Å²) < 4.78 is 1.87. The van der Waals surface area contributed by atoms with Crippen molar-refractivity contribution in [2.45, 2.75) is 38.3 Å². The van der Waals surface area contributed by atoms with Crippen LogP contribution in [-0.2, 0) is 13.1 Å². The van der Waals surface area contributed by atoms with Crippen molar-refractivity contribution >= 4 is 5.97 Å². The molecular formula is C11H15N3O2. The highest BCUT2D eigenvalue weighted by molar-refractivity contribution is 5.87. The summed E-state index contributed by atoms with van der Waals surface area (Å²) in [6, 6.07) is 0. The van der Waals surface area contributed by atoms with Gasteiger partial charge in [0.1, 0.15) is 5.82 Å². The molecule has 0 unspecified atom stereocenters. The zero-order valence-electron chi connectivity index (χ0n) is 9.07.